The molecular formula is C22H26FNO. The van der Waals surface area contributed by atoms with Crippen molar-refractivity contribution in [3.63, 3.8) is 0 Å². The Bertz CT molecular complexity index is 826. The van der Waals surface area contributed by atoms with E-state index in [4.69, 9.17) is 4.52 Å². The molecule has 2 aliphatic rings. The highest BCUT2D eigenvalue weighted by molar-refractivity contribution is 5.83. The largest absolute Gasteiger partial charge is 0.357 e. The molecule has 1 aromatic carbocycles. The maximum Gasteiger partial charge on any atom is 0.159 e. The van der Waals surface area contributed by atoms with Gasteiger partial charge in [0.1, 0.15) is 5.82 Å². The van der Waals surface area contributed by atoms with E-state index in [1.165, 1.54) is 11.1 Å². The topological polar surface area (TPSA) is 26.0 Å². The van der Waals surface area contributed by atoms with Gasteiger partial charge < -0.3 is 4.52 Å². The van der Waals surface area contributed by atoms with Gasteiger partial charge in [-0.25, -0.2) is 4.39 Å². The third-order valence-corrected chi connectivity index (χ3v) is 6.02. The summed E-state index contributed by atoms with van der Waals surface area (Å²) in [5.41, 5.74) is 4.36. The summed E-state index contributed by atoms with van der Waals surface area (Å²) in [4.78, 5) is 0. The van der Waals surface area contributed by atoms with Crippen LogP contribution < -0.4 is 0 Å². The molecule has 0 bridgehead atoms. The van der Waals surface area contributed by atoms with Gasteiger partial charge in [-0.3, -0.25) is 0 Å². The normalized spacial score (nSPS) is 21.9. The molecule has 1 heterocycles. The maximum atomic E-state index is 15.2. The molecule has 0 saturated heterocycles. The fourth-order valence-electron chi connectivity index (χ4n) is 4.07. The van der Waals surface area contributed by atoms with E-state index >= 15 is 4.39 Å². The second-order valence-electron chi connectivity index (χ2n) is 8.93. The van der Waals surface area contributed by atoms with Crippen LogP contribution >= 0.6 is 0 Å². The maximum absolute atomic E-state index is 15.2. The van der Waals surface area contributed by atoms with Crippen molar-refractivity contribution in [3.05, 3.63) is 52.7 Å². The molecule has 0 radical (unpaired) electrons. The van der Waals surface area contributed by atoms with Crippen molar-refractivity contribution in [1.29, 1.82) is 0 Å². The van der Waals surface area contributed by atoms with Crippen LogP contribution in [0, 0.1) is 11.7 Å². The van der Waals surface area contributed by atoms with E-state index in [0.717, 1.165) is 36.8 Å². The van der Waals surface area contributed by atoms with Crippen LogP contribution in [0.2, 0.25) is 0 Å². The van der Waals surface area contributed by atoms with Gasteiger partial charge in [-0.1, -0.05) is 32.9 Å². The molecule has 1 saturated carbocycles. The van der Waals surface area contributed by atoms with Crippen molar-refractivity contribution in [1.82, 2.24) is 5.16 Å². The number of allylic oxidation sites excluding steroid dienone is 1. The van der Waals surface area contributed by atoms with Gasteiger partial charge in [-0.15, -0.1) is 0 Å². The summed E-state index contributed by atoms with van der Waals surface area (Å²) in [6.45, 7) is 9.01. The smallest absolute Gasteiger partial charge is 0.159 e. The summed E-state index contributed by atoms with van der Waals surface area (Å²) in [5.74, 6) is 1.01. The molecule has 0 N–H and O–H groups in total. The van der Waals surface area contributed by atoms with E-state index in [9.17, 15) is 0 Å². The van der Waals surface area contributed by atoms with E-state index in [2.05, 4.69) is 38.9 Å². The summed E-state index contributed by atoms with van der Waals surface area (Å²) in [7, 11) is 0. The summed E-state index contributed by atoms with van der Waals surface area (Å²) in [6.07, 6.45) is 8.05. The Kier molecular flexibility index (Phi) is 3.68. The minimum atomic E-state index is -0.109. The van der Waals surface area contributed by atoms with Gasteiger partial charge in [-0.2, -0.15) is 0 Å². The SMILES string of the molecule is CC1(C)CCC(C)(C)c2cc(C(=Cc3ccno3)C3CC3)c(F)cc21. The monoisotopic (exact) mass is 339 g/mol. The molecular weight excluding hydrogens is 313 g/mol. The Balaban J connectivity index is 1.88. The van der Waals surface area contributed by atoms with Crippen LogP contribution in [0.3, 0.4) is 0 Å². The molecule has 0 spiro atoms. The van der Waals surface area contributed by atoms with E-state index in [1.54, 1.807) is 12.3 Å². The second kappa shape index (κ2) is 5.55. The Morgan fingerprint density at radius 1 is 1.12 bits per heavy atom. The van der Waals surface area contributed by atoms with Crippen molar-refractivity contribution in [3.8, 4) is 0 Å². The van der Waals surface area contributed by atoms with Crippen LogP contribution in [0.4, 0.5) is 4.39 Å². The average molecular weight is 339 g/mol. The molecule has 25 heavy (non-hydrogen) atoms. The van der Waals surface area contributed by atoms with E-state index in [1.807, 2.05) is 12.1 Å². The lowest BCUT2D eigenvalue weighted by Gasteiger charge is -2.42. The lowest BCUT2D eigenvalue weighted by atomic mass is 9.62. The van der Waals surface area contributed by atoms with Gasteiger partial charge in [0.2, 0.25) is 0 Å². The van der Waals surface area contributed by atoms with Crippen LogP contribution in [0.1, 0.15) is 75.8 Å². The lowest BCUT2D eigenvalue weighted by Crippen LogP contribution is -2.34. The molecule has 0 atom stereocenters. The molecule has 2 aromatic rings. The molecule has 132 valence electrons. The van der Waals surface area contributed by atoms with Crippen LogP contribution in [0.25, 0.3) is 11.6 Å². The molecule has 0 unspecified atom stereocenters. The quantitative estimate of drug-likeness (QED) is 0.674. The third-order valence-electron chi connectivity index (χ3n) is 6.02. The van der Waals surface area contributed by atoms with Gasteiger partial charge >= 0.3 is 0 Å². The molecule has 2 aliphatic carbocycles. The van der Waals surface area contributed by atoms with Crippen LogP contribution in [0.15, 0.2) is 28.9 Å². The van der Waals surface area contributed by atoms with Crippen LogP contribution in [0.5, 0.6) is 0 Å². The zero-order chi connectivity index (χ0) is 17.8. The van der Waals surface area contributed by atoms with Gasteiger partial charge in [0, 0.05) is 11.6 Å². The highest BCUT2D eigenvalue weighted by atomic mass is 19.1. The fraction of sp³-hybridized carbons (Fsp3) is 0.500. The zero-order valence-electron chi connectivity index (χ0n) is 15.5. The number of aromatic nitrogens is 1. The van der Waals surface area contributed by atoms with Crippen LogP contribution in [-0.4, -0.2) is 5.16 Å². The summed E-state index contributed by atoms with van der Waals surface area (Å²) < 4.78 is 20.4. The predicted octanol–water partition coefficient (Wildman–Crippen LogP) is 6.11. The molecule has 0 amide bonds. The van der Waals surface area contributed by atoms with Crippen molar-refractivity contribution in [2.75, 3.05) is 0 Å². The van der Waals surface area contributed by atoms with E-state index < -0.39 is 0 Å². The molecule has 1 aromatic heterocycles. The average Bonchev–Trinajstić information content (AvgIpc) is 3.26. The second-order valence-corrected chi connectivity index (χ2v) is 8.93. The summed E-state index contributed by atoms with van der Waals surface area (Å²) >= 11 is 0. The molecule has 0 aliphatic heterocycles. The number of hydrogen-bond donors (Lipinski definition) is 0. The molecule has 4 rings (SSSR count). The number of hydrogen-bond acceptors (Lipinski definition) is 2. The molecule has 2 nitrogen and oxygen atoms in total. The van der Waals surface area contributed by atoms with Crippen molar-refractivity contribution in [2.45, 2.75) is 64.2 Å². The number of nitrogens with zero attached hydrogens (tertiary/aromatic N) is 1. The summed E-state index contributed by atoms with van der Waals surface area (Å²) in [6, 6.07) is 5.74. The predicted molar refractivity (Wildman–Crippen MR) is 98.8 cm³/mol. The Hall–Kier alpha value is -1.90. The first-order chi connectivity index (χ1) is 11.8. The number of halogens is 1. The Morgan fingerprint density at radius 3 is 2.32 bits per heavy atom. The number of rotatable bonds is 3. The third kappa shape index (κ3) is 2.94. The zero-order valence-corrected chi connectivity index (χ0v) is 15.5. The highest BCUT2D eigenvalue weighted by Crippen LogP contribution is 2.49. The Morgan fingerprint density at radius 2 is 1.76 bits per heavy atom. The van der Waals surface area contributed by atoms with E-state index in [-0.39, 0.29) is 16.6 Å². The lowest BCUT2D eigenvalue weighted by molar-refractivity contribution is 0.330. The first kappa shape index (κ1) is 16.6. The molecule has 1 fully saturated rings. The standard InChI is InChI=1S/C22H26FNO/c1-21(2)8-9-22(3,4)19-13-20(23)17(12-18(19)21)16(14-5-6-14)11-15-7-10-24-25-15/h7,10-14H,5-6,8-9H2,1-4H3. The highest BCUT2D eigenvalue weighted by Gasteiger charge is 2.39. The van der Waals surface area contributed by atoms with E-state index in [0.29, 0.717) is 11.7 Å². The van der Waals surface area contributed by atoms with Crippen molar-refractivity contribution in [2.24, 2.45) is 5.92 Å². The fourth-order valence-corrected chi connectivity index (χ4v) is 4.07. The number of fused-ring (bicyclic) bond motifs is 1. The molecule has 3 heteroatoms. The van der Waals surface area contributed by atoms with Crippen molar-refractivity contribution >= 4 is 11.6 Å². The van der Waals surface area contributed by atoms with Gasteiger partial charge in [-0.05, 0) is 77.3 Å². The summed E-state index contributed by atoms with van der Waals surface area (Å²) in [5, 5.41) is 3.77. The minimum absolute atomic E-state index is 0.0264. The minimum Gasteiger partial charge on any atom is -0.357 e. The number of benzene rings is 1. The van der Waals surface area contributed by atoms with Gasteiger partial charge in [0.05, 0.1) is 6.20 Å². The van der Waals surface area contributed by atoms with Gasteiger partial charge in [0.15, 0.2) is 5.76 Å². The first-order valence-electron chi connectivity index (χ1n) is 9.25. The van der Waals surface area contributed by atoms with Crippen molar-refractivity contribution < 1.29 is 8.91 Å². The van der Waals surface area contributed by atoms with Crippen LogP contribution in [-0.2, 0) is 10.8 Å². The van der Waals surface area contributed by atoms with Gasteiger partial charge in [0.25, 0.3) is 0 Å². The Labute approximate surface area is 149 Å². The first-order valence-corrected chi connectivity index (χ1v) is 9.25.